The number of carbonyl (C=O) groups is 1. The van der Waals surface area contributed by atoms with E-state index in [0.717, 1.165) is 38.9 Å². The van der Waals surface area contributed by atoms with Crippen molar-refractivity contribution in [2.75, 3.05) is 25.0 Å². The van der Waals surface area contributed by atoms with Gasteiger partial charge in [-0.1, -0.05) is 6.92 Å². The fourth-order valence-corrected chi connectivity index (χ4v) is 2.29. The van der Waals surface area contributed by atoms with Crippen LogP contribution in [0.1, 0.15) is 32.6 Å². The van der Waals surface area contributed by atoms with E-state index in [0.29, 0.717) is 5.69 Å². The summed E-state index contributed by atoms with van der Waals surface area (Å²) in [7, 11) is 0. The van der Waals surface area contributed by atoms with Gasteiger partial charge in [0.2, 0.25) is 5.91 Å². The van der Waals surface area contributed by atoms with E-state index in [1.165, 1.54) is 17.2 Å². The lowest BCUT2D eigenvalue weighted by Crippen LogP contribution is -2.40. The molecule has 0 spiro atoms. The van der Waals surface area contributed by atoms with Crippen LogP contribution in [0.3, 0.4) is 0 Å². The molecule has 6 heteroatoms. The predicted octanol–water partition coefficient (Wildman–Crippen LogP) is 1.08. The molecule has 0 bridgehead atoms. The number of aromatic nitrogens is 2. The molecule has 1 saturated heterocycles. The first-order chi connectivity index (χ1) is 9.70. The minimum absolute atomic E-state index is 0.0198. The van der Waals surface area contributed by atoms with Gasteiger partial charge in [-0.25, -0.2) is 4.68 Å². The molecule has 2 rings (SSSR count). The number of carbonyl (C=O) groups excluding carboxylic acids is 1. The molecule has 0 aliphatic carbocycles. The van der Waals surface area contributed by atoms with E-state index < -0.39 is 0 Å². The van der Waals surface area contributed by atoms with Gasteiger partial charge in [0, 0.05) is 25.7 Å². The third kappa shape index (κ3) is 3.82. The first-order valence-electron chi connectivity index (χ1n) is 7.29. The van der Waals surface area contributed by atoms with Crippen molar-refractivity contribution in [2.24, 2.45) is 0 Å². The van der Waals surface area contributed by atoms with Gasteiger partial charge in [-0.15, -0.1) is 0 Å². The lowest BCUT2D eigenvalue weighted by molar-refractivity contribution is -0.133. The number of hydrogen-bond donors (Lipinski definition) is 1. The smallest absolute Gasteiger partial charge is 0.269 e. The van der Waals surface area contributed by atoms with Gasteiger partial charge in [0.05, 0.1) is 11.9 Å². The summed E-state index contributed by atoms with van der Waals surface area (Å²) >= 11 is 0. The number of nitrogens with one attached hydrogen (secondary N) is 1. The maximum Gasteiger partial charge on any atom is 0.269 e. The van der Waals surface area contributed by atoms with Gasteiger partial charge >= 0.3 is 0 Å². The van der Waals surface area contributed by atoms with Gasteiger partial charge < -0.3 is 10.2 Å². The standard InChI is InChI=1S/C14H22N4O2/c1-2-6-15-12-9-13(19)18(16-10-12)11-14(20)17-7-4-3-5-8-17/h9-10,15H,2-8,11H2,1H3. The number of hydrogen-bond acceptors (Lipinski definition) is 4. The molecule has 0 aromatic carbocycles. The molecule has 1 fully saturated rings. The van der Waals surface area contributed by atoms with E-state index in [1.807, 2.05) is 4.90 Å². The van der Waals surface area contributed by atoms with Crippen molar-refractivity contribution in [2.45, 2.75) is 39.2 Å². The number of amides is 1. The molecule has 1 aromatic rings. The summed E-state index contributed by atoms with van der Waals surface area (Å²) in [5.41, 5.74) is 0.468. The number of anilines is 1. The summed E-state index contributed by atoms with van der Waals surface area (Å²) in [5.74, 6) is -0.0198. The molecule has 0 atom stereocenters. The lowest BCUT2D eigenvalue weighted by atomic mass is 10.1. The Morgan fingerprint density at radius 3 is 2.75 bits per heavy atom. The van der Waals surface area contributed by atoms with Crippen LogP contribution in [0.25, 0.3) is 0 Å². The molecule has 0 saturated carbocycles. The van der Waals surface area contributed by atoms with Crippen LogP contribution < -0.4 is 10.9 Å². The highest BCUT2D eigenvalue weighted by Crippen LogP contribution is 2.09. The summed E-state index contributed by atoms with van der Waals surface area (Å²) in [5, 5.41) is 7.17. The predicted molar refractivity (Wildman–Crippen MR) is 77.7 cm³/mol. The lowest BCUT2D eigenvalue weighted by Gasteiger charge is -2.26. The molecule has 0 unspecified atom stereocenters. The Balaban J connectivity index is 1.98. The Morgan fingerprint density at radius 2 is 2.10 bits per heavy atom. The van der Waals surface area contributed by atoms with Crippen molar-refractivity contribution < 1.29 is 4.79 Å². The van der Waals surface area contributed by atoms with Gasteiger partial charge in [-0.05, 0) is 25.7 Å². The van der Waals surface area contributed by atoms with Crippen molar-refractivity contribution in [1.82, 2.24) is 14.7 Å². The Hall–Kier alpha value is -1.85. The van der Waals surface area contributed by atoms with Crippen LogP contribution in [0.4, 0.5) is 5.69 Å². The summed E-state index contributed by atoms with van der Waals surface area (Å²) < 4.78 is 1.23. The zero-order valence-corrected chi connectivity index (χ0v) is 12.0. The van der Waals surface area contributed by atoms with Crippen LogP contribution in [0.5, 0.6) is 0 Å². The average molecular weight is 278 g/mol. The molecule has 6 nitrogen and oxygen atoms in total. The second-order valence-electron chi connectivity index (χ2n) is 5.11. The third-order valence-corrected chi connectivity index (χ3v) is 3.44. The molecule has 110 valence electrons. The van der Waals surface area contributed by atoms with Gasteiger partial charge in [0.1, 0.15) is 6.54 Å². The monoisotopic (exact) mass is 278 g/mol. The Labute approximate surface area is 118 Å². The van der Waals surface area contributed by atoms with E-state index in [1.54, 1.807) is 6.20 Å². The summed E-state index contributed by atoms with van der Waals surface area (Å²) in [6.45, 7) is 4.48. The molecule has 1 aromatic heterocycles. The molecule has 1 aliphatic heterocycles. The molecule has 0 radical (unpaired) electrons. The fourth-order valence-electron chi connectivity index (χ4n) is 2.29. The Bertz CT molecular complexity index is 506. The molecule has 20 heavy (non-hydrogen) atoms. The number of piperidine rings is 1. The van der Waals surface area contributed by atoms with Gasteiger partial charge in [-0.3, -0.25) is 9.59 Å². The average Bonchev–Trinajstić information content (AvgIpc) is 2.48. The first-order valence-corrected chi connectivity index (χ1v) is 7.29. The van der Waals surface area contributed by atoms with E-state index in [9.17, 15) is 9.59 Å². The Kier molecular flexibility index (Phi) is 5.15. The van der Waals surface area contributed by atoms with Crippen molar-refractivity contribution in [3.8, 4) is 0 Å². The zero-order chi connectivity index (χ0) is 14.4. The Morgan fingerprint density at radius 1 is 1.35 bits per heavy atom. The quantitative estimate of drug-likeness (QED) is 0.875. The molecule has 1 aliphatic rings. The van der Waals surface area contributed by atoms with E-state index in [2.05, 4.69) is 17.3 Å². The zero-order valence-electron chi connectivity index (χ0n) is 12.0. The van der Waals surface area contributed by atoms with Crippen molar-refractivity contribution in [3.05, 3.63) is 22.6 Å². The molecular weight excluding hydrogens is 256 g/mol. The topological polar surface area (TPSA) is 67.2 Å². The van der Waals surface area contributed by atoms with Crippen LogP contribution in [0, 0.1) is 0 Å². The largest absolute Gasteiger partial charge is 0.384 e. The summed E-state index contributed by atoms with van der Waals surface area (Å²) in [4.78, 5) is 25.8. The SMILES string of the molecule is CCCNc1cnn(CC(=O)N2CCCCC2)c(=O)c1. The van der Waals surface area contributed by atoms with E-state index in [-0.39, 0.29) is 18.0 Å². The van der Waals surface area contributed by atoms with Crippen LogP contribution in [-0.4, -0.2) is 40.2 Å². The number of rotatable bonds is 5. The second-order valence-corrected chi connectivity index (χ2v) is 5.11. The summed E-state index contributed by atoms with van der Waals surface area (Å²) in [6.07, 6.45) is 5.86. The first kappa shape index (κ1) is 14.6. The van der Waals surface area contributed by atoms with Crippen LogP contribution >= 0.6 is 0 Å². The maximum atomic E-state index is 12.1. The molecule has 1 N–H and O–H groups in total. The highest BCUT2D eigenvalue weighted by atomic mass is 16.2. The second kappa shape index (κ2) is 7.07. The maximum absolute atomic E-state index is 12.1. The minimum atomic E-state index is -0.239. The molecular formula is C14H22N4O2. The van der Waals surface area contributed by atoms with Crippen molar-refractivity contribution in [3.63, 3.8) is 0 Å². The fraction of sp³-hybridized carbons (Fsp3) is 0.643. The van der Waals surface area contributed by atoms with Crippen LogP contribution in [-0.2, 0) is 11.3 Å². The van der Waals surface area contributed by atoms with Gasteiger partial charge in [0.25, 0.3) is 5.56 Å². The van der Waals surface area contributed by atoms with Gasteiger partial charge in [0.15, 0.2) is 0 Å². The highest BCUT2D eigenvalue weighted by molar-refractivity contribution is 5.75. The van der Waals surface area contributed by atoms with E-state index >= 15 is 0 Å². The van der Waals surface area contributed by atoms with E-state index in [4.69, 9.17) is 0 Å². The number of likely N-dealkylation sites (tertiary alicyclic amines) is 1. The summed E-state index contributed by atoms with van der Waals surface area (Å²) in [6, 6.07) is 1.49. The minimum Gasteiger partial charge on any atom is -0.384 e. The molecule has 2 heterocycles. The highest BCUT2D eigenvalue weighted by Gasteiger charge is 2.17. The van der Waals surface area contributed by atoms with Gasteiger partial charge in [-0.2, -0.15) is 5.10 Å². The van der Waals surface area contributed by atoms with Crippen molar-refractivity contribution in [1.29, 1.82) is 0 Å². The third-order valence-electron chi connectivity index (χ3n) is 3.44. The van der Waals surface area contributed by atoms with Crippen LogP contribution in [0.2, 0.25) is 0 Å². The van der Waals surface area contributed by atoms with Crippen molar-refractivity contribution >= 4 is 11.6 Å². The normalized spacial score (nSPS) is 15.2. The molecule has 1 amide bonds. The van der Waals surface area contributed by atoms with Crippen LogP contribution in [0.15, 0.2) is 17.1 Å². The number of nitrogens with zero attached hydrogens (tertiary/aromatic N) is 3.